The number of para-hydroxylation sites is 1. The third-order valence-corrected chi connectivity index (χ3v) is 3.72. The van der Waals surface area contributed by atoms with Crippen LogP contribution in [0.15, 0.2) is 24.3 Å². The van der Waals surface area contributed by atoms with E-state index in [1.165, 1.54) is 17.7 Å². The summed E-state index contributed by atoms with van der Waals surface area (Å²) in [5.41, 5.74) is 8.37. The van der Waals surface area contributed by atoms with Crippen LogP contribution in [0.25, 0.3) is 0 Å². The summed E-state index contributed by atoms with van der Waals surface area (Å²) in [6.07, 6.45) is 1.24. The molecular weight excluding hydrogens is 210 g/mol. The molecule has 94 valence electrons. The Kier molecular flexibility index (Phi) is 4.02. The van der Waals surface area contributed by atoms with Crippen LogP contribution in [0.5, 0.6) is 0 Å². The Morgan fingerprint density at radius 3 is 2.88 bits per heavy atom. The van der Waals surface area contributed by atoms with Crippen LogP contribution in [0.1, 0.15) is 12.0 Å². The molecule has 17 heavy (non-hydrogen) atoms. The maximum atomic E-state index is 5.61. The Bertz CT molecular complexity index is 364. The fraction of sp³-hybridized carbons (Fsp3) is 0.571. The van der Waals surface area contributed by atoms with Gasteiger partial charge < -0.3 is 15.5 Å². The normalized spacial score (nSPS) is 20.2. The van der Waals surface area contributed by atoms with Gasteiger partial charge in [-0.05, 0) is 32.0 Å². The minimum Gasteiger partial charge on any atom is -0.370 e. The number of nitrogens with zero attached hydrogens (tertiary/aromatic N) is 2. The van der Waals surface area contributed by atoms with Crippen LogP contribution in [0.2, 0.25) is 0 Å². The molecule has 1 atom stereocenters. The average Bonchev–Trinajstić information content (AvgIpc) is 2.79. The summed E-state index contributed by atoms with van der Waals surface area (Å²) in [6.45, 7) is 6.21. The van der Waals surface area contributed by atoms with Crippen molar-refractivity contribution in [1.82, 2.24) is 4.90 Å². The molecule has 1 fully saturated rings. The Morgan fingerprint density at radius 2 is 2.18 bits per heavy atom. The number of benzene rings is 1. The topological polar surface area (TPSA) is 32.5 Å². The first-order valence-corrected chi connectivity index (χ1v) is 6.43. The van der Waals surface area contributed by atoms with E-state index in [1.54, 1.807) is 0 Å². The number of rotatable bonds is 4. The number of hydrogen-bond acceptors (Lipinski definition) is 3. The van der Waals surface area contributed by atoms with Crippen molar-refractivity contribution in [2.24, 2.45) is 5.73 Å². The molecule has 0 aromatic heterocycles. The first kappa shape index (κ1) is 12.4. The molecule has 0 saturated carbocycles. The van der Waals surface area contributed by atoms with Crippen LogP contribution in [0.4, 0.5) is 5.69 Å². The molecule has 1 saturated heterocycles. The van der Waals surface area contributed by atoms with E-state index < -0.39 is 0 Å². The summed E-state index contributed by atoms with van der Waals surface area (Å²) in [6, 6.07) is 9.29. The van der Waals surface area contributed by atoms with Crippen molar-refractivity contribution in [3.8, 4) is 0 Å². The zero-order chi connectivity index (χ0) is 12.3. The third kappa shape index (κ3) is 2.79. The van der Waals surface area contributed by atoms with Gasteiger partial charge in [0.15, 0.2) is 0 Å². The van der Waals surface area contributed by atoms with Crippen molar-refractivity contribution in [2.75, 3.05) is 38.1 Å². The second kappa shape index (κ2) is 5.52. The van der Waals surface area contributed by atoms with Crippen molar-refractivity contribution in [3.05, 3.63) is 29.8 Å². The van der Waals surface area contributed by atoms with Gasteiger partial charge in [-0.2, -0.15) is 0 Å². The molecule has 1 aliphatic rings. The summed E-state index contributed by atoms with van der Waals surface area (Å²) in [7, 11) is 2.18. The summed E-state index contributed by atoms with van der Waals surface area (Å²) >= 11 is 0. The van der Waals surface area contributed by atoms with Crippen molar-refractivity contribution in [1.29, 1.82) is 0 Å². The molecule has 1 heterocycles. The number of anilines is 1. The molecule has 1 unspecified atom stereocenters. The van der Waals surface area contributed by atoms with E-state index in [9.17, 15) is 0 Å². The minimum atomic E-state index is 0.651. The Balaban J connectivity index is 2.00. The van der Waals surface area contributed by atoms with Crippen molar-refractivity contribution in [2.45, 2.75) is 19.4 Å². The summed E-state index contributed by atoms with van der Waals surface area (Å²) in [5, 5.41) is 0. The maximum Gasteiger partial charge on any atom is 0.0396 e. The van der Waals surface area contributed by atoms with Gasteiger partial charge >= 0.3 is 0 Å². The Labute approximate surface area is 104 Å². The molecule has 0 bridgehead atoms. The molecule has 1 aromatic carbocycles. The van der Waals surface area contributed by atoms with Gasteiger partial charge in [0.05, 0.1) is 0 Å². The van der Waals surface area contributed by atoms with E-state index >= 15 is 0 Å². The van der Waals surface area contributed by atoms with Gasteiger partial charge in [0.2, 0.25) is 0 Å². The predicted molar refractivity (Wildman–Crippen MR) is 73.5 cm³/mol. The van der Waals surface area contributed by atoms with Crippen LogP contribution in [0.3, 0.4) is 0 Å². The molecule has 1 aliphatic heterocycles. The number of aryl methyl sites for hydroxylation is 1. The molecule has 0 radical (unpaired) electrons. The van der Waals surface area contributed by atoms with Gasteiger partial charge in [-0.3, -0.25) is 0 Å². The van der Waals surface area contributed by atoms with Gasteiger partial charge in [0.25, 0.3) is 0 Å². The Hall–Kier alpha value is -1.06. The average molecular weight is 233 g/mol. The molecule has 2 N–H and O–H groups in total. The van der Waals surface area contributed by atoms with Gasteiger partial charge in [0.1, 0.15) is 0 Å². The highest BCUT2D eigenvalue weighted by Gasteiger charge is 2.25. The smallest absolute Gasteiger partial charge is 0.0396 e. The predicted octanol–water partition coefficient (Wildman–Crippen LogP) is 1.46. The second-order valence-corrected chi connectivity index (χ2v) is 4.94. The SMILES string of the molecule is Cc1ccccc1N1CCC(N(C)CCN)C1. The molecule has 3 heteroatoms. The zero-order valence-electron chi connectivity index (χ0n) is 10.9. The van der Waals surface area contributed by atoms with Crippen LogP contribution < -0.4 is 10.6 Å². The van der Waals surface area contributed by atoms with E-state index in [-0.39, 0.29) is 0 Å². The maximum absolute atomic E-state index is 5.61. The van der Waals surface area contributed by atoms with E-state index in [4.69, 9.17) is 5.73 Å². The molecule has 0 aliphatic carbocycles. The van der Waals surface area contributed by atoms with Crippen LogP contribution in [0, 0.1) is 6.92 Å². The molecule has 1 aromatic rings. The fourth-order valence-corrected chi connectivity index (χ4v) is 2.62. The Morgan fingerprint density at radius 1 is 1.41 bits per heavy atom. The summed E-state index contributed by atoms with van der Waals surface area (Å²) in [5.74, 6) is 0. The quantitative estimate of drug-likeness (QED) is 0.854. The van der Waals surface area contributed by atoms with Crippen molar-refractivity contribution < 1.29 is 0 Å². The minimum absolute atomic E-state index is 0.651. The van der Waals surface area contributed by atoms with Crippen LogP contribution >= 0.6 is 0 Å². The van der Waals surface area contributed by atoms with Gasteiger partial charge in [-0.25, -0.2) is 0 Å². The molecular formula is C14H23N3. The first-order valence-electron chi connectivity index (χ1n) is 6.43. The van der Waals surface area contributed by atoms with Gasteiger partial charge in [0, 0.05) is 37.9 Å². The zero-order valence-corrected chi connectivity index (χ0v) is 10.9. The molecule has 2 rings (SSSR count). The van der Waals surface area contributed by atoms with Crippen molar-refractivity contribution >= 4 is 5.69 Å². The highest BCUT2D eigenvalue weighted by atomic mass is 15.2. The van der Waals surface area contributed by atoms with E-state index in [0.29, 0.717) is 6.04 Å². The third-order valence-electron chi connectivity index (χ3n) is 3.72. The lowest BCUT2D eigenvalue weighted by atomic mass is 10.2. The number of hydrogen-bond donors (Lipinski definition) is 1. The fourth-order valence-electron chi connectivity index (χ4n) is 2.62. The standard InChI is InChI=1S/C14H23N3/c1-12-5-3-4-6-14(12)17-9-7-13(11-17)16(2)10-8-15/h3-6,13H,7-11,15H2,1-2H3. The van der Waals surface area contributed by atoms with Crippen molar-refractivity contribution in [3.63, 3.8) is 0 Å². The van der Waals surface area contributed by atoms with Gasteiger partial charge in [-0.1, -0.05) is 18.2 Å². The van der Waals surface area contributed by atoms with E-state index in [1.807, 2.05) is 0 Å². The lowest BCUT2D eigenvalue weighted by Gasteiger charge is -2.25. The lowest BCUT2D eigenvalue weighted by molar-refractivity contribution is 0.266. The number of likely N-dealkylation sites (N-methyl/N-ethyl adjacent to an activating group) is 1. The molecule has 0 amide bonds. The van der Waals surface area contributed by atoms with Gasteiger partial charge in [-0.15, -0.1) is 0 Å². The van der Waals surface area contributed by atoms with E-state index in [2.05, 4.69) is 48.0 Å². The monoisotopic (exact) mass is 233 g/mol. The highest BCUT2D eigenvalue weighted by molar-refractivity contribution is 5.53. The number of nitrogens with two attached hydrogens (primary N) is 1. The lowest BCUT2D eigenvalue weighted by Crippen LogP contribution is -2.37. The van der Waals surface area contributed by atoms with Crippen LogP contribution in [-0.4, -0.2) is 44.2 Å². The second-order valence-electron chi connectivity index (χ2n) is 4.94. The van der Waals surface area contributed by atoms with E-state index in [0.717, 1.165) is 26.2 Å². The highest BCUT2D eigenvalue weighted by Crippen LogP contribution is 2.25. The summed E-state index contributed by atoms with van der Waals surface area (Å²) < 4.78 is 0. The first-order chi connectivity index (χ1) is 8.22. The molecule has 0 spiro atoms. The largest absolute Gasteiger partial charge is 0.370 e. The van der Waals surface area contributed by atoms with Crippen LogP contribution in [-0.2, 0) is 0 Å². The summed E-state index contributed by atoms with van der Waals surface area (Å²) in [4.78, 5) is 4.88. The molecule has 3 nitrogen and oxygen atoms in total.